The van der Waals surface area contributed by atoms with Crippen LogP contribution in [0.4, 0.5) is 10.1 Å². The minimum atomic E-state index is -1.22. The maximum Gasteiger partial charge on any atom is 0.358 e. The van der Waals surface area contributed by atoms with Crippen LogP contribution in [-0.2, 0) is 11.3 Å². The standard InChI is InChI=1S/C12H11FN4O3/c1-16(9-4-2-3-8(13)5-9)11(18)7-17-6-10(12(19)20)14-15-17/h2-6H,7H2,1H3,(H,19,20). The van der Waals surface area contributed by atoms with Crippen LogP contribution < -0.4 is 4.90 Å². The first-order chi connectivity index (χ1) is 9.47. The van der Waals surface area contributed by atoms with Crippen molar-refractivity contribution in [1.82, 2.24) is 15.0 Å². The van der Waals surface area contributed by atoms with Gasteiger partial charge in [-0.2, -0.15) is 0 Å². The van der Waals surface area contributed by atoms with Gasteiger partial charge in [0.25, 0.3) is 0 Å². The van der Waals surface area contributed by atoms with E-state index in [1.54, 1.807) is 6.07 Å². The van der Waals surface area contributed by atoms with Crippen molar-refractivity contribution in [2.24, 2.45) is 0 Å². The first-order valence-corrected chi connectivity index (χ1v) is 5.63. The zero-order chi connectivity index (χ0) is 14.7. The Morgan fingerprint density at radius 2 is 2.20 bits per heavy atom. The van der Waals surface area contributed by atoms with Gasteiger partial charge in [-0.1, -0.05) is 11.3 Å². The zero-order valence-electron chi connectivity index (χ0n) is 10.5. The van der Waals surface area contributed by atoms with Gasteiger partial charge in [-0.15, -0.1) is 5.10 Å². The molecule has 0 atom stereocenters. The molecule has 0 bridgehead atoms. The summed E-state index contributed by atoms with van der Waals surface area (Å²) < 4.78 is 14.2. The molecule has 8 heteroatoms. The third kappa shape index (κ3) is 2.97. The molecule has 0 radical (unpaired) electrons. The lowest BCUT2D eigenvalue weighted by Gasteiger charge is -2.17. The second-order valence-electron chi connectivity index (χ2n) is 4.04. The first-order valence-electron chi connectivity index (χ1n) is 5.63. The lowest BCUT2D eigenvalue weighted by Crippen LogP contribution is -2.30. The monoisotopic (exact) mass is 278 g/mol. The number of aromatic carboxylic acids is 1. The molecule has 0 saturated carbocycles. The summed E-state index contributed by atoms with van der Waals surface area (Å²) in [7, 11) is 1.49. The summed E-state index contributed by atoms with van der Waals surface area (Å²) in [5, 5.41) is 15.6. The quantitative estimate of drug-likeness (QED) is 0.892. The van der Waals surface area contributed by atoms with E-state index in [0.29, 0.717) is 5.69 Å². The van der Waals surface area contributed by atoms with Gasteiger partial charge in [0.05, 0.1) is 6.20 Å². The van der Waals surface area contributed by atoms with Crippen LogP contribution in [0.5, 0.6) is 0 Å². The third-order valence-electron chi connectivity index (χ3n) is 2.62. The van der Waals surface area contributed by atoms with Gasteiger partial charge in [-0.05, 0) is 18.2 Å². The predicted molar refractivity (Wildman–Crippen MR) is 66.8 cm³/mol. The van der Waals surface area contributed by atoms with Crippen LogP contribution in [0, 0.1) is 5.82 Å². The number of nitrogens with zero attached hydrogens (tertiary/aromatic N) is 4. The maximum absolute atomic E-state index is 13.1. The number of amides is 1. The number of benzene rings is 1. The molecule has 0 unspecified atom stereocenters. The highest BCUT2D eigenvalue weighted by Gasteiger charge is 2.15. The predicted octanol–water partition coefficient (Wildman–Crippen LogP) is 0.778. The van der Waals surface area contributed by atoms with Crippen molar-refractivity contribution in [1.29, 1.82) is 0 Å². The number of hydrogen-bond acceptors (Lipinski definition) is 4. The molecule has 1 aromatic heterocycles. The highest BCUT2D eigenvalue weighted by molar-refractivity contribution is 5.92. The Bertz CT molecular complexity index is 656. The Balaban J connectivity index is 2.09. The van der Waals surface area contributed by atoms with E-state index in [0.717, 1.165) is 10.9 Å². The van der Waals surface area contributed by atoms with E-state index in [4.69, 9.17) is 5.11 Å². The molecule has 20 heavy (non-hydrogen) atoms. The molecule has 1 aromatic carbocycles. The second-order valence-corrected chi connectivity index (χ2v) is 4.04. The van der Waals surface area contributed by atoms with E-state index in [9.17, 15) is 14.0 Å². The summed E-state index contributed by atoms with van der Waals surface area (Å²) in [6, 6.07) is 5.58. The minimum absolute atomic E-state index is 0.187. The van der Waals surface area contributed by atoms with Crippen molar-refractivity contribution < 1.29 is 19.1 Å². The Kier molecular flexibility index (Phi) is 3.74. The summed E-state index contributed by atoms with van der Waals surface area (Å²) in [5.74, 6) is -2.05. The molecular weight excluding hydrogens is 267 g/mol. The van der Waals surface area contributed by atoms with E-state index in [2.05, 4.69) is 10.3 Å². The number of halogens is 1. The summed E-state index contributed by atoms with van der Waals surface area (Å²) in [6.07, 6.45) is 1.15. The van der Waals surface area contributed by atoms with Crippen molar-refractivity contribution in [3.63, 3.8) is 0 Å². The zero-order valence-corrected chi connectivity index (χ0v) is 10.5. The van der Waals surface area contributed by atoms with Crippen LogP contribution in [-0.4, -0.2) is 39.0 Å². The van der Waals surface area contributed by atoms with Crippen LogP contribution in [0.2, 0.25) is 0 Å². The van der Waals surface area contributed by atoms with Crippen molar-refractivity contribution in [3.8, 4) is 0 Å². The molecule has 0 saturated heterocycles. The smallest absolute Gasteiger partial charge is 0.358 e. The van der Waals surface area contributed by atoms with Crippen LogP contribution in [0.15, 0.2) is 30.5 Å². The fourth-order valence-electron chi connectivity index (χ4n) is 1.55. The topological polar surface area (TPSA) is 88.3 Å². The van der Waals surface area contributed by atoms with Gasteiger partial charge in [-0.25, -0.2) is 13.9 Å². The van der Waals surface area contributed by atoms with Gasteiger partial charge >= 0.3 is 5.97 Å². The molecule has 7 nitrogen and oxygen atoms in total. The number of carboxylic acid groups (broad SMARTS) is 1. The van der Waals surface area contributed by atoms with E-state index >= 15 is 0 Å². The Labute approximate surface area is 113 Å². The van der Waals surface area contributed by atoms with Crippen LogP contribution >= 0.6 is 0 Å². The number of likely N-dealkylation sites (N-methyl/N-ethyl adjacent to an activating group) is 1. The number of rotatable bonds is 4. The number of carbonyl (C=O) groups is 2. The number of aromatic nitrogens is 3. The molecule has 0 spiro atoms. The fraction of sp³-hybridized carbons (Fsp3) is 0.167. The van der Waals surface area contributed by atoms with Crippen molar-refractivity contribution in [2.45, 2.75) is 6.54 Å². The molecule has 1 heterocycles. The minimum Gasteiger partial charge on any atom is -0.476 e. The molecule has 2 rings (SSSR count). The van der Waals surface area contributed by atoms with E-state index in [-0.39, 0.29) is 18.1 Å². The molecule has 2 aromatic rings. The average molecular weight is 278 g/mol. The SMILES string of the molecule is CN(C(=O)Cn1cc(C(=O)O)nn1)c1cccc(F)c1. The van der Waals surface area contributed by atoms with Crippen molar-refractivity contribution >= 4 is 17.6 Å². The van der Waals surface area contributed by atoms with Crippen LogP contribution in [0.25, 0.3) is 0 Å². The highest BCUT2D eigenvalue weighted by Crippen LogP contribution is 2.14. The molecule has 1 N–H and O–H groups in total. The molecule has 104 valence electrons. The molecule has 0 aliphatic rings. The number of hydrogen-bond donors (Lipinski definition) is 1. The summed E-state index contributed by atoms with van der Waals surface area (Å²) in [6.45, 7) is -0.187. The summed E-state index contributed by atoms with van der Waals surface area (Å²) in [5.41, 5.74) is 0.153. The lowest BCUT2D eigenvalue weighted by atomic mass is 10.3. The Hall–Kier alpha value is -2.77. The Morgan fingerprint density at radius 1 is 1.45 bits per heavy atom. The number of carbonyl (C=O) groups excluding carboxylic acids is 1. The number of anilines is 1. The van der Waals surface area contributed by atoms with E-state index < -0.39 is 11.8 Å². The van der Waals surface area contributed by atoms with Crippen LogP contribution in [0.1, 0.15) is 10.5 Å². The highest BCUT2D eigenvalue weighted by atomic mass is 19.1. The third-order valence-corrected chi connectivity index (χ3v) is 2.62. The van der Waals surface area contributed by atoms with Gasteiger partial charge in [0.1, 0.15) is 12.4 Å². The van der Waals surface area contributed by atoms with Crippen LogP contribution in [0.3, 0.4) is 0 Å². The molecular formula is C12H11FN4O3. The van der Waals surface area contributed by atoms with Gasteiger partial charge < -0.3 is 10.0 Å². The van der Waals surface area contributed by atoms with E-state index in [1.807, 2.05) is 0 Å². The Morgan fingerprint density at radius 3 is 2.80 bits per heavy atom. The normalized spacial score (nSPS) is 10.3. The van der Waals surface area contributed by atoms with Gasteiger partial charge in [0.15, 0.2) is 5.69 Å². The van der Waals surface area contributed by atoms with Crippen molar-refractivity contribution in [2.75, 3.05) is 11.9 Å². The molecule has 0 aliphatic heterocycles. The molecule has 1 amide bonds. The number of carboxylic acids is 1. The first kappa shape index (κ1) is 13.7. The summed E-state index contributed by atoms with van der Waals surface area (Å²) in [4.78, 5) is 23.9. The van der Waals surface area contributed by atoms with Gasteiger partial charge in [0, 0.05) is 12.7 Å². The lowest BCUT2D eigenvalue weighted by molar-refractivity contribution is -0.119. The molecule has 0 aliphatic carbocycles. The van der Waals surface area contributed by atoms with Gasteiger partial charge in [0.2, 0.25) is 5.91 Å². The van der Waals surface area contributed by atoms with Gasteiger partial charge in [-0.3, -0.25) is 4.79 Å². The van der Waals surface area contributed by atoms with Crippen molar-refractivity contribution in [3.05, 3.63) is 42.0 Å². The molecule has 0 fully saturated rings. The average Bonchev–Trinajstić information content (AvgIpc) is 2.86. The fourth-order valence-corrected chi connectivity index (χ4v) is 1.55. The summed E-state index contributed by atoms with van der Waals surface area (Å²) >= 11 is 0. The largest absolute Gasteiger partial charge is 0.476 e. The second kappa shape index (κ2) is 5.47. The van der Waals surface area contributed by atoms with E-state index in [1.165, 1.54) is 30.1 Å². The maximum atomic E-state index is 13.1.